The van der Waals surface area contributed by atoms with Gasteiger partial charge in [0.25, 0.3) is 5.56 Å². The Labute approximate surface area is 145 Å². The Hall–Kier alpha value is -2.21. The fourth-order valence-electron chi connectivity index (χ4n) is 3.14. The quantitative estimate of drug-likeness (QED) is 0.822. The van der Waals surface area contributed by atoms with Crippen molar-refractivity contribution < 1.29 is 0 Å². The van der Waals surface area contributed by atoms with Gasteiger partial charge in [-0.25, -0.2) is 4.79 Å². The largest absolute Gasteiger partial charge is 0.368 e. The standard InChI is InChI=1S/C17H21ClN4O2/c1-12-13(18)5-4-6-14(12)21-7-9-22(10-8-21)15-11-16(23)20(3)17(24)19(15)2/h4-6,11H,7-10H2,1-3H3. The van der Waals surface area contributed by atoms with Crippen molar-refractivity contribution in [2.24, 2.45) is 14.1 Å². The van der Waals surface area contributed by atoms with Crippen LogP contribution in [0.4, 0.5) is 11.5 Å². The molecule has 1 aliphatic heterocycles. The first-order valence-corrected chi connectivity index (χ1v) is 8.30. The van der Waals surface area contributed by atoms with Crippen molar-refractivity contribution in [2.75, 3.05) is 36.0 Å². The van der Waals surface area contributed by atoms with Crippen LogP contribution in [0.25, 0.3) is 0 Å². The number of piperazine rings is 1. The maximum absolute atomic E-state index is 12.1. The SMILES string of the molecule is Cc1c(Cl)cccc1N1CCN(c2cc(=O)n(C)c(=O)n2C)CC1. The summed E-state index contributed by atoms with van der Waals surface area (Å²) in [5.41, 5.74) is 1.64. The molecule has 2 aromatic rings. The number of nitrogens with zero attached hydrogens (tertiary/aromatic N) is 4. The molecule has 0 spiro atoms. The Kier molecular flexibility index (Phi) is 4.41. The lowest BCUT2D eigenvalue weighted by molar-refractivity contribution is 0.610. The number of halogens is 1. The van der Waals surface area contributed by atoms with Gasteiger partial charge in [-0.3, -0.25) is 13.9 Å². The number of hydrogen-bond donors (Lipinski definition) is 0. The van der Waals surface area contributed by atoms with Crippen LogP contribution in [0, 0.1) is 6.92 Å². The lowest BCUT2D eigenvalue weighted by Gasteiger charge is -2.38. The molecule has 0 unspecified atom stereocenters. The van der Waals surface area contributed by atoms with E-state index in [0.717, 1.165) is 47.0 Å². The predicted molar refractivity (Wildman–Crippen MR) is 97.5 cm³/mol. The van der Waals surface area contributed by atoms with Gasteiger partial charge in [0.1, 0.15) is 5.82 Å². The van der Waals surface area contributed by atoms with Crippen molar-refractivity contribution in [3.05, 3.63) is 55.7 Å². The normalized spacial score (nSPS) is 15.0. The number of rotatable bonds is 2. The minimum Gasteiger partial charge on any atom is -0.368 e. The predicted octanol–water partition coefficient (Wildman–Crippen LogP) is 1.37. The maximum Gasteiger partial charge on any atom is 0.332 e. The third kappa shape index (κ3) is 2.82. The average molecular weight is 349 g/mol. The van der Waals surface area contributed by atoms with E-state index in [4.69, 9.17) is 11.6 Å². The third-order valence-corrected chi connectivity index (χ3v) is 5.09. The minimum absolute atomic E-state index is 0.277. The fourth-order valence-corrected chi connectivity index (χ4v) is 3.31. The molecule has 1 aliphatic rings. The monoisotopic (exact) mass is 348 g/mol. The molecular formula is C17H21ClN4O2. The van der Waals surface area contributed by atoms with Crippen molar-refractivity contribution in [3.8, 4) is 0 Å². The van der Waals surface area contributed by atoms with Gasteiger partial charge in [0.15, 0.2) is 0 Å². The summed E-state index contributed by atoms with van der Waals surface area (Å²) < 4.78 is 2.65. The highest BCUT2D eigenvalue weighted by Crippen LogP contribution is 2.27. The molecule has 3 rings (SSSR count). The van der Waals surface area contributed by atoms with Gasteiger partial charge in [-0.05, 0) is 24.6 Å². The van der Waals surface area contributed by atoms with Crippen LogP contribution in [-0.4, -0.2) is 35.3 Å². The maximum atomic E-state index is 12.1. The summed E-state index contributed by atoms with van der Waals surface area (Å²) in [6, 6.07) is 7.46. The second kappa shape index (κ2) is 6.36. The minimum atomic E-state index is -0.300. The van der Waals surface area contributed by atoms with Crippen LogP contribution in [0.1, 0.15) is 5.56 Å². The summed E-state index contributed by atoms with van der Waals surface area (Å²) in [5.74, 6) is 0.672. The van der Waals surface area contributed by atoms with E-state index < -0.39 is 0 Å². The van der Waals surface area contributed by atoms with Gasteiger partial charge in [-0.15, -0.1) is 0 Å². The van der Waals surface area contributed by atoms with Crippen molar-refractivity contribution in [1.82, 2.24) is 9.13 Å². The van der Waals surface area contributed by atoms with Crippen molar-refractivity contribution in [1.29, 1.82) is 0 Å². The molecule has 0 aliphatic carbocycles. The molecule has 0 bridgehead atoms. The van der Waals surface area contributed by atoms with Gasteiger partial charge in [0, 0.05) is 57.1 Å². The van der Waals surface area contributed by atoms with Crippen LogP contribution in [0.15, 0.2) is 33.9 Å². The fraction of sp³-hybridized carbons (Fsp3) is 0.412. The lowest BCUT2D eigenvalue weighted by Crippen LogP contribution is -2.49. The first kappa shape index (κ1) is 16.6. The van der Waals surface area contributed by atoms with E-state index in [1.54, 1.807) is 7.05 Å². The van der Waals surface area contributed by atoms with Crippen LogP contribution >= 0.6 is 11.6 Å². The highest BCUT2D eigenvalue weighted by Gasteiger charge is 2.21. The molecule has 0 amide bonds. The Morgan fingerprint density at radius 3 is 2.25 bits per heavy atom. The van der Waals surface area contributed by atoms with Gasteiger partial charge in [0.2, 0.25) is 0 Å². The Morgan fingerprint density at radius 1 is 0.958 bits per heavy atom. The van der Waals surface area contributed by atoms with Gasteiger partial charge < -0.3 is 9.80 Å². The Balaban J connectivity index is 1.82. The van der Waals surface area contributed by atoms with E-state index in [9.17, 15) is 9.59 Å². The van der Waals surface area contributed by atoms with Gasteiger partial charge in [0.05, 0.1) is 0 Å². The average Bonchev–Trinajstić information content (AvgIpc) is 2.59. The highest BCUT2D eigenvalue weighted by molar-refractivity contribution is 6.31. The van der Waals surface area contributed by atoms with E-state index >= 15 is 0 Å². The van der Waals surface area contributed by atoms with E-state index in [2.05, 4.69) is 15.9 Å². The number of aromatic nitrogens is 2. The first-order chi connectivity index (χ1) is 11.4. The molecule has 2 heterocycles. The highest BCUT2D eigenvalue weighted by atomic mass is 35.5. The van der Waals surface area contributed by atoms with Crippen LogP contribution in [0.3, 0.4) is 0 Å². The molecule has 128 valence electrons. The molecule has 24 heavy (non-hydrogen) atoms. The second-order valence-corrected chi connectivity index (χ2v) is 6.51. The van der Waals surface area contributed by atoms with E-state index in [0.29, 0.717) is 5.82 Å². The smallest absolute Gasteiger partial charge is 0.332 e. The second-order valence-electron chi connectivity index (χ2n) is 6.10. The van der Waals surface area contributed by atoms with E-state index in [1.165, 1.54) is 17.7 Å². The molecule has 0 atom stereocenters. The molecule has 0 radical (unpaired) electrons. The van der Waals surface area contributed by atoms with Crippen molar-refractivity contribution >= 4 is 23.1 Å². The zero-order chi connectivity index (χ0) is 17.4. The van der Waals surface area contributed by atoms with Gasteiger partial charge in [-0.2, -0.15) is 0 Å². The summed E-state index contributed by atoms with van der Waals surface area (Å²) >= 11 is 6.22. The van der Waals surface area contributed by atoms with Crippen LogP contribution in [0.2, 0.25) is 5.02 Å². The summed E-state index contributed by atoms with van der Waals surface area (Å²) in [5, 5.41) is 0.767. The molecule has 1 aromatic carbocycles. The van der Waals surface area contributed by atoms with Crippen LogP contribution < -0.4 is 21.0 Å². The molecule has 6 nitrogen and oxygen atoms in total. The first-order valence-electron chi connectivity index (χ1n) is 7.92. The van der Waals surface area contributed by atoms with E-state index in [-0.39, 0.29) is 11.2 Å². The number of hydrogen-bond acceptors (Lipinski definition) is 4. The van der Waals surface area contributed by atoms with Crippen LogP contribution in [0.5, 0.6) is 0 Å². The molecule has 1 fully saturated rings. The van der Waals surface area contributed by atoms with Crippen molar-refractivity contribution in [3.63, 3.8) is 0 Å². The molecule has 1 aromatic heterocycles. The topological polar surface area (TPSA) is 50.5 Å². The Bertz CT molecular complexity index is 879. The summed E-state index contributed by atoms with van der Waals surface area (Å²) in [4.78, 5) is 28.4. The zero-order valence-corrected chi connectivity index (χ0v) is 14.9. The molecule has 0 saturated carbocycles. The Morgan fingerprint density at radius 2 is 1.58 bits per heavy atom. The molecule has 0 N–H and O–H groups in total. The zero-order valence-electron chi connectivity index (χ0n) is 14.1. The number of anilines is 2. The van der Waals surface area contributed by atoms with Gasteiger partial charge in [-0.1, -0.05) is 17.7 Å². The van der Waals surface area contributed by atoms with E-state index in [1.807, 2.05) is 19.1 Å². The van der Waals surface area contributed by atoms with Crippen LogP contribution in [-0.2, 0) is 14.1 Å². The summed E-state index contributed by atoms with van der Waals surface area (Å²) in [6.07, 6.45) is 0. The van der Waals surface area contributed by atoms with Crippen molar-refractivity contribution in [2.45, 2.75) is 6.92 Å². The summed E-state index contributed by atoms with van der Waals surface area (Å²) in [7, 11) is 3.19. The third-order valence-electron chi connectivity index (χ3n) is 4.68. The lowest BCUT2D eigenvalue weighted by atomic mass is 10.1. The van der Waals surface area contributed by atoms with Gasteiger partial charge >= 0.3 is 5.69 Å². The summed E-state index contributed by atoms with van der Waals surface area (Å²) in [6.45, 7) is 5.13. The number of benzene rings is 1. The molecule has 7 heteroatoms. The molecular weight excluding hydrogens is 328 g/mol. The molecule has 1 saturated heterocycles.